The van der Waals surface area contributed by atoms with Gasteiger partial charge in [-0.25, -0.2) is 23.4 Å². The van der Waals surface area contributed by atoms with Crippen LogP contribution in [0.25, 0.3) is 11.0 Å². The van der Waals surface area contributed by atoms with Gasteiger partial charge in [-0.1, -0.05) is 0 Å². The number of halogens is 2. The average Bonchev–Trinajstić information content (AvgIpc) is 3.27. The van der Waals surface area contributed by atoms with E-state index in [4.69, 9.17) is 9.72 Å². The Labute approximate surface area is 160 Å². The van der Waals surface area contributed by atoms with Crippen molar-refractivity contribution in [3.8, 4) is 0 Å². The summed E-state index contributed by atoms with van der Waals surface area (Å²) in [5.41, 5.74) is 1.31. The second kappa shape index (κ2) is 7.78. The van der Waals surface area contributed by atoms with Gasteiger partial charge in [0.15, 0.2) is 11.5 Å². The molecule has 1 aliphatic carbocycles. The second-order valence-corrected chi connectivity index (χ2v) is 7.16. The number of hydrogen-bond donors (Lipinski definition) is 2. The largest absolute Gasteiger partial charge is 0.381 e. The Morgan fingerprint density at radius 3 is 2.71 bits per heavy atom. The number of alkyl halides is 2. The molecule has 0 atom stereocenters. The molecular formula is C18H23F2N7O. The molecule has 3 heterocycles. The minimum atomic E-state index is -2.51. The van der Waals surface area contributed by atoms with Crippen LogP contribution in [0.15, 0.2) is 12.3 Å². The predicted octanol–water partition coefficient (Wildman–Crippen LogP) is 3.54. The number of anilines is 2. The zero-order chi connectivity index (χ0) is 19.7. The zero-order valence-electron chi connectivity index (χ0n) is 15.8. The van der Waals surface area contributed by atoms with Gasteiger partial charge in [0, 0.05) is 24.8 Å². The van der Waals surface area contributed by atoms with Gasteiger partial charge in [0.2, 0.25) is 0 Å². The van der Waals surface area contributed by atoms with Gasteiger partial charge in [0.05, 0.1) is 17.7 Å². The van der Waals surface area contributed by atoms with Crippen LogP contribution >= 0.6 is 0 Å². The van der Waals surface area contributed by atoms with E-state index in [1.165, 1.54) is 10.9 Å². The van der Waals surface area contributed by atoms with E-state index in [0.717, 1.165) is 31.4 Å². The van der Waals surface area contributed by atoms with Crippen LogP contribution in [0.5, 0.6) is 0 Å². The van der Waals surface area contributed by atoms with Crippen molar-refractivity contribution >= 4 is 22.7 Å². The molecule has 8 nitrogen and oxygen atoms in total. The molecule has 0 unspecified atom stereocenters. The Balaban J connectivity index is 1.72. The van der Waals surface area contributed by atoms with E-state index >= 15 is 0 Å². The van der Waals surface area contributed by atoms with Gasteiger partial charge in [-0.05, 0) is 32.6 Å². The molecule has 0 amide bonds. The first-order chi connectivity index (χ1) is 13.5. The molecule has 28 heavy (non-hydrogen) atoms. The second-order valence-electron chi connectivity index (χ2n) is 7.16. The predicted molar refractivity (Wildman–Crippen MR) is 99.9 cm³/mol. The third kappa shape index (κ3) is 3.82. The van der Waals surface area contributed by atoms with Crippen LogP contribution in [0.3, 0.4) is 0 Å². The van der Waals surface area contributed by atoms with E-state index in [1.807, 2.05) is 13.0 Å². The Morgan fingerprint density at radius 1 is 1.29 bits per heavy atom. The van der Waals surface area contributed by atoms with Crippen molar-refractivity contribution in [2.45, 2.75) is 57.6 Å². The third-order valence-corrected chi connectivity index (χ3v) is 5.15. The van der Waals surface area contributed by atoms with Crippen LogP contribution in [0, 0.1) is 6.92 Å². The summed E-state index contributed by atoms with van der Waals surface area (Å²) < 4.78 is 32.6. The summed E-state index contributed by atoms with van der Waals surface area (Å²) in [6.07, 6.45) is 2.92. The third-order valence-electron chi connectivity index (χ3n) is 5.15. The molecule has 3 aromatic heterocycles. The highest BCUT2D eigenvalue weighted by molar-refractivity contribution is 5.88. The molecule has 0 aliphatic heterocycles. The normalized spacial score (nSPS) is 20.2. The van der Waals surface area contributed by atoms with Gasteiger partial charge < -0.3 is 10.1 Å². The number of fused-ring (bicyclic) bond motifs is 1. The maximum Gasteiger partial charge on any atom is 0.258 e. The van der Waals surface area contributed by atoms with Crippen molar-refractivity contribution in [3.05, 3.63) is 23.8 Å². The number of aromatic nitrogens is 6. The number of nitrogens with zero attached hydrogens (tertiary/aromatic N) is 5. The first-order valence-electron chi connectivity index (χ1n) is 9.37. The van der Waals surface area contributed by atoms with Gasteiger partial charge in [0.25, 0.3) is 6.43 Å². The SMILES string of the molecule is COC1CCC(c2nc(Nc3cc(C)[nH]n3)c3cnn(CC(F)F)c3n2)CC1. The number of aryl methyl sites for hydroxylation is 1. The Kier molecular flexibility index (Phi) is 5.21. The minimum Gasteiger partial charge on any atom is -0.381 e. The minimum absolute atomic E-state index is 0.159. The van der Waals surface area contributed by atoms with Crippen LogP contribution < -0.4 is 5.32 Å². The van der Waals surface area contributed by atoms with Crippen molar-refractivity contribution in [2.75, 3.05) is 12.4 Å². The first-order valence-corrected chi connectivity index (χ1v) is 9.37. The molecule has 10 heteroatoms. The fraction of sp³-hybridized carbons (Fsp3) is 0.556. The summed E-state index contributed by atoms with van der Waals surface area (Å²) in [6, 6.07) is 1.85. The molecule has 4 rings (SSSR count). The number of aromatic amines is 1. The summed E-state index contributed by atoms with van der Waals surface area (Å²) in [5.74, 6) is 1.94. The molecule has 0 bridgehead atoms. The Morgan fingerprint density at radius 2 is 2.07 bits per heavy atom. The molecule has 150 valence electrons. The smallest absolute Gasteiger partial charge is 0.258 e. The van der Waals surface area contributed by atoms with Crippen molar-refractivity contribution in [1.82, 2.24) is 29.9 Å². The fourth-order valence-corrected chi connectivity index (χ4v) is 3.67. The first kappa shape index (κ1) is 18.7. The lowest BCUT2D eigenvalue weighted by Crippen LogP contribution is -2.21. The highest BCUT2D eigenvalue weighted by Gasteiger charge is 2.26. The Bertz CT molecular complexity index is 947. The molecule has 1 saturated carbocycles. The van der Waals surface area contributed by atoms with E-state index < -0.39 is 13.0 Å². The number of H-pyrrole nitrogens is 1. The van der Waals surface area contributed by atoms with Crippen LogP contribution in [0.1, 0.15) is 43.1 Å². The van der Waals surface area contributed by atoms with Crippen molar-refractivity contribution in [2.24, 2.45) is 0 Å². The van der Waals surface area contributed by atoms with Crippen LogP contribution in [-0.4, -0.2) is 49.6 Å². The number of hydrogen-bond acceptors (Lipinski definition) is 6. The molecule has 0 radical (unpaired) electrons. The van der Waals surface area contributed by atoms with E-state index in [9.17, 15) is 8.78 Å². The molecule has 2 N–H and O–H groups in total. The summed E-state index contributed by atoms with van der Waals surface area (Å²) in [6.45, 7) is 1.39. The lowest BCUT2D eigenvalue weighted by molar-refractivity contribution is 0.0651. The number of rotatable bonds is 6. The maximum atomic E-state index is 13.0. The summed E-state index contributed by atoms with van der Waals surface area (Å²) in [5, 5.41) is 14.9. The van der Waals surface area contributed by atoms with E-state index in [1.54, 1.807) is 7.11 Å². The van der Waals surface area contributed by atoms with Gasteiger partial charge >= 0.3 is 0 Å². The van der Waals surface area contributed by atoms with Crippen molar-refractivity contribution in [1.29, 1.82) is 0 Å². The molecule has 3 aromatic rings. The lowest BCUT2D eigenvalue weighted by atomic mass is 9.87. The average molecular weight is 391 g/mol. The highest BCUT2D eigenvalue weighted by Crippen LogP contribution is 2.34. The molecule has 1 fully saturated rings. The number of ether oxygens (including phenoxy) is 1. The van der Waals surface area contributed by atoms with Gasteiger partial charge in [-0.2, -0.15) is 10.2 Å². The summed E-state index contributed by atoms with van der Waals surface area (Å²) in [4.78, 5) is 9.33. The van der Waals surface area contributed by atoms with Gasteiger partial charge in [0.1, 0.15) is 18.2 Å². The van der Waals surface area contributed by atoms with Crippen LogP contribution in [0.2, 0.25) is 0 Å². The zero-order valence-corrected chi connectivity index (χ0v) is 15.8. The number of methoxy groups -OCH3 is 1. The molecule has 0 aromatic carbocycles. The topological polar surface area (TPSA) is 93.5 Å². The standard InChI is InChI=1S/C18H23F2N7O/c1-10-7-15(26-25-10)22-17-13-8-21-27(9-14(19)20)18(13)24-16(23-17)11-3-5-12(28-2)6-4-11/h7-8,11-12,14H,3-6,9H2,1-2H3,(H2,22,23,24,25,26). The summed E-state index contributed by atoms with van der Waals surface area (Å²) in [7, 11) is 1.73. The molecule has 0 spiro atoms. The Hall–Kier alpha value is -2.62. The number of nitrogens with one attached hydrogen (secondary N) is 2. The molecule has 0 saturated heterocycles. The van der Waals surface area contributed by atoms with Gasteiger partial charge in [-0.15, -0.1) is 0 Å². The van der Waals surface area contributed by atoms with Crippen molar-refractivity contribution < 1.29 is 13.5 Å². The van der Waals surface area contributed by atoms with Crippen molar-refractivity contribution in [3.63, 3.8) is 0 Å². The quantitative estimate of drug-likeness (QED) is 0.668. The van der Waals surface area contributed by atoms with Gasteiger partial charge in [-0.3, -0.25) is 5.10 Å². The van der Waals surface area contributed by atoms with E-state index in [2.05, 4.69) is 25.6 Å². The maximum absolute atomic E-state index is 13.0. The van der Waals surface area contributed by atoms with Crippen LogP contribution in [-0.2, 0) is 11.3 Å². The fourth-order valence-electron chi connectivity index (χ4n) is 3.67. The summed E-state index contributed by atoms with van der Waals surface area (Å²) >= 11 is 0. The molecular weight excluding hydrogens is 368 g/mol. The monoisotopic (exact) mass is 391 g/mol. The lowest BCUT2D eigenvalue weighted by Gasteiger charge is -2.26. The molecule has 1 aliphatic rings. The van der Waals surface area contributed by atoms with E-state index in [-0.39, 0.29) is 12.0 Å². The highest BCUT2D eigenvalue weighted by atomic mass is 19.3. The van der Waals surface area contributed by atoms with Crippen LogP contribution in [0.4, 0.5) is 20.4 Å². The van der Waals surface area contributed by atoms with E-state index in [0.29, 0.717) is 28.5 Å².